The summed E-state index contributed by atoms with van der Waals surface area (Å²) in [6.07, 6.45) is -1.25. The number of carbonyl (C=O) groups is 1. The zero-order valence-corrected chi connectivity index (χ0v) is 17.1. The number of nitro benzene ring substituents is 2. The van der Waals surface area contributed by atoms with Crippen LogP contribution in [0, 0.1) is 20.2 Å². The predicted molar refractivity (Wildman–Crippen MR) is 99.9 cm³/mol. The standard InChI is InChI=1S/C15H22N4O8S/c1-9(2)17(10(3)4)14-12(18(21)22)7-11(8-13(14)19(23)24)28(25,26)16(5)15(20)27-6/h7-10H,1-6H3. The van der Waals surface area contributed by atoms with Gasteiger partial charge in [-0.2, -0.15) is 0 Å². The highest BCUT2D eigenvalue weighted by Gasteiger charge is 2.37. The number of nitro groups is 2. The Morgan fingerprint density at radius 1 is 1.04 bits per heavy atom. The number of methoxy groups -OCH3 is 1. The molecule has 1 aromatic rings. The van der Waals surface area contributed by atoms with Gasteiger partial charge in [0.2, 0.25) is 0 Å². The fourth-order valence-corrected chi connectivity index (χ4v) is 3.88. The molecule has 0 saturated heterocycles. The van der Waals surface area contributed by atoms with Crippen molar-refractivity contribution in [3.8, 4) is 0 Å². The van der Waals surface area contributed by atoms with Gasteiger partial charge in [-0.25, -0.2) is 17.5 Å². The van der Waals surface area contributed by atoms with E-state index in [-0.39, 0.29) is 22.1 Å². The van der Waals surface area contributed by atoms with Gasteiger partial charge in [0.25, 0.3) is 10.0 Å². The van der Waals surface area contributed by atoms with Gasteiger partial charge in [0, 0.05) is 31.3 Å². The summed E-state index contributed by atoms with van der Waals surface area (Å²) in [4.78, 5) is 33.8. The number of nitrogens with zero attached hydrogens (tertiary/aromatic N) is 4. The first-order valence-electron chi connectivity index (χ1n) is 8.09. The molecule has 28 heavy (non-hydrogen) atoms. The number of ether oxygens (including phenoxy) is 1. The summed E-state index contributed by atoms with van der Waals surface area (Å²) < 4.78 is 29.7. The summed E-state index contributed by atoms with van der Waals surface area (Å²) in [6.45, 7) is 6.79. The minimum absolute atomic E-state index is 0.206. The van der Waals surface area contributed by atoms with E-state index in [1.165, 1.54) is 4.90 Å². The molecule has 156 valence electrons. The highest BCUT2D eigenvalue weighted by atomic mass is 32.2. The summed E-state index contributed by atoms with van der Waals surface area (Å²) >= 11 is 0. The first-order chi connectivity index (χ1) is 12.8. The molecule has 0 atom stereocenters. The van der Waals surface area contributed by atoms with E-state index < -0.39 is 42.2 Å². The van der Waals surface area contributed by atoms with E-state index in [0.717, 1.165) is 14.2 Å². The van der Waals surface area contributed by atoms with Gasteiger partial charge in [0.05, 0.1) is 17.0 Å². The zero-order valence-electron chi connectivity index (χ0n) is 16.3. The lowest BCUT2D eigenvalue weighted by molar-refractivity contribution is -0.393. The maximum absolute atomic E-state index is 12.6. The first kappa shape index (κ1) is 23.1. The molecule has 1 amide bonds. The SMILES string of the molecule is COC(=O)N(C)S(=O)(=O)c1cc([N+](=O)[O-])c(N(C(C)C)C(C)C)c([N+](=O)[O-])c1. The zero-order chi connectivity index (χ0) is 22.0. The highest BCUT2D eigenvalue weighted by molar-refractivity contribution is 7.89. The minimum Gasteiger partial charge on any atom is -0.452 e. The Labute approximate surface area is 162 Å². The summed E-state index contributed by atoms with van der Waals surface area (Å²) in [7, 11) is -2.79. The quantitative estimate of drug-likeness (QED) is 0.480. The summed E-state index contributed by atoms with van der Waals surface area (Å²) in [6, 6.07) is 0.708. The van der Waals surface area contributed by atoms with Crippen molar-refractivity contribution in [1.82, 2.24) is 4.31 Å². The van der Waals surface area contributed by atoms with E-state index in [1.807, 2.05) is 0 Å². The van der Waals surface area contributed by atoms with E-state index in [4.69, 9.17) is 0 Å². The molecule has 0 heterocycles. The molecule has 1 aromatic carbocycles. The maximum atomic E-state index is 12.6. The van der Waals surface area contributed by atoms with Crippen molar-refractivity contribution in [1.29, 1.82) is 0 Å². The van der Waals surface area contributed by atoms with Crippen molar-refractivity contribution in [2.75, 3.05) is 19.1 Å². The molecule has 0 fully saturated rings. The average molecular weight is 418 g/mol. The van der Waals surface area contributed by atoms with Gasteiger partial charge in [-0.3, -0.25) is 20.2 Å². The number of sulfonamides is 1. The van der Waals surface area contributed by atoms with Crippen LogP contribution in [0.15, 0.2) is 17.0 Å². The third-order valence-electron chi connectivity index (χ3n) is 3.90. The number of carbonyl (C=O) groups excluding carboxylic acids is 1. The van der Waals surface area contributed by atoms with E-state index in [0.29, 0.717) is 12.1 Å². The molecule has 13 heteroatoms. The molecular weight excluding hydrogens is 396 g/mol. The molecule has 0 unspecified atom stereocenters. The number of hydrogen-bond acceptors (Lipinski definition) is 9. The smallest absolute Gasteiger partial charge is 0.423 e. The molecule has 0 aliphatic rings. The van der Waals surface area contributed by atoms with Gasteiger partial charge in [0.15, 0.2) is 5.69 Å². The Morgan fingerprint density at radius 3 is 1.71 bits per heavy atom. The molecule has 12 nitrogen and oxygen atoms in total. The Kier molecular flexibility index (Phi) is 6.90. The third kappa shape index (κ3) is 4.30. The van der Waals surface area contributed by atoms with Crippen LogP contribution in [0.25, 0.3) is 0 Å². The van der Waals surface area contributed by atoms with Gasteiger partial charge in [0.1, 0.15) is 4.90 Å². The van der Waals surface area contributed by atoms with Gasteiger partial charge in [-0.15, -0.1) is 0 Å². The van der Waals surface area contributed by atoms with Gasteiger partial charge in [-0.1, -0.05) is 0 Å². The topological polar surface area (TPSA) is 153 Å². The monoisotopic (exact) mass is 418 g/mol. The average Bonchev–Trinajstić information content (AvgIpc) is 2.58. The van der Waals surface area contributed by atoms with Crippen LogP contribution < -0.4 is 4.90 Å². The fraction of sp³-hybridized carbons (Fsp3) is 0.533. The molecule has 0 aliphatic carbocycles. The van der Waals surface area contributed by atoms with Crippen LogP contribution in [0.4, 0.5) is 21.9 Å². The molecule has 1 rings (SSSR count). The van der Waals surface area contributed by atoms with Crippen molar-refractivity contribution in [2.24, 2.45) is 0 Å². The minimum atomic E-state index is -4.61. The third-order valence-corrected chi connectivity index (χ3v) is 5.60. The summed E-state index contributed by atoms with van der Waals surface area (Å²) in [5, 5.41) is 23.3. The van der Waals surface area contributed by atoms with E-state index in [1.54, 1.807) is 27.7 Å². The Bertz CT molecular complexity index is 854. The molecular formula is C15H22N4O8S. The maximum Gasteiger partial charge on any atom is 0.423 e. The highest BCUT2D eigenvalue weighted by Crippen LogP contribution is 2.42. The largest absolute Gasteiger partial charge is 0.452 e. The number of anilines is 1. The van der Waals surface area contributed by atoms with Gasteiger partial charge in [-0.05, 0) is 27.7 Å². The number of amides is 1. The van der Waals surface area contributed by atoms with E-state index >= 15 is 0 Å². The molecule has 0 bridgehead atoms. The van der Waals surface area contributed by atoms with Crippen LogP contribution >= 0.6 is 0 Å². The Hall–Kier alpha value is -2.96. The van der Waals surface area contributed by atoms with Gasteiger partial charge >= 0.3 is 17.5 Å². The Balaban J connectivity index is 3.93. The van der Waals surface area contributed by atoms with Crippen molar-refractivity contribution < 1.29 is 27.8 Å². The molecule has 0 aliphatic heterocycles. The van der Waals surface area contributed by atoms with Crippen molar-refractivity contribution in [3.05, 3.63) is 32.4 Å². The second kappa shape index (κ2) is 8.37. The normalized spacial score (nSPS) is 11.4. The van der Waals surface area contributed by atoms with Gasteiger partial charge < -0.3 is 9.64 Å². The number of hydrogen-bond donors (Lipinski definition) is 0. The van der Waals surface area contributed by atoms with Crippen LogP contribution in [0.5, 0.6) is 0 Å². The van der Waals surface area contributed by atoms with Crippen LogP contribution in [-0.2, 0) is 14.8 Å². The molecule has 0 aromatic heterocycles. The van der Waals surface area contributed by atoms with Crippen molar-refractivity contribution >= 4 is 33.2 Å². The number of benzene rings is 1. The first-order valence-corrected chi connectivity index (χ1v) is 9.53. The van der Waals surface area contributed by atoms with Crippen LogP contribution in [0.3, 0.4) is 0 Å². The van der Waals surface area contributed by atoms with Crippen LogP contribution in [0.2, 0.25) is 0 Å². The second-order valence-corrected chi connectivity index (χ2v) is 8.33. The Morgan fingerprint density at radius 2 is 1.43 bits per heavy atom. The fourth-order valence-electron chi connectivity index (χ4n) is 2.77. The van der Waals surface area contributed by atoms with Crippen LogP contribution in [-0.4, -0.2) is 54.9 Å². The lowest BCUT2D eigenvalue weighted by Crippen LogP contribution is -2.38. The number of rotatable bonds is 7. The van der Waals surface area contributed by atoms with Crippen LogP contribution in [0.1, 0.15) is 27.7 Å². The van der Waals surface area contributed by atoms with Crippen molar-refractivity contribution in [2.45, 2.75) is 44.7 Å². The molecule has 0 N–H and O–H groups in total. The van der Waals surface area contributed by atoms with Crippen molar-refractivity contribution in [3.63, 3.8) is 0 Å². The lowest BCUT2D eigenvalue weighted by atomic mass is 10.1. The summed E-state index contributed by atoms with van der Waals surface area (Å²) in [5.74, 6) is 0. The molecule has 0 spiro atoms. The lowest BCUT2D eigenvalue weighted by Gasteiger charge is -2.32. The predicted octanol–water partition coefficient (Wildman–Crippen LogP) is 2.51. The molecule has 0 saturated carbocycles. The summed E-state index contributed by atoms with van der Waals surface area (Å²) in [5.41, 5.74) is -1.82. The van der Waals surface area contributed by atoms with E-state index in [2.05, 4.69) is 4.74 Å². The molecule has 0 radical (unpaired) electrons. The second-order valence-electron chi connectivity index (χ2n) is 6.36. The van der Waals surface area contributed by atoms with E-state index in [9.17, 15) is 33.4 Å².